The average Bonchev–Trinajstić information content (AvgIpc) is 3.35. The van der Waals surface area contributed by atoms with Crippen molar-refractivity contribution in [2.24, 2.45) is 0 Å². The number of aromatic nitrogens is 2. The average molecular weight is 369 g/mol. The SMILES string of the molecule is CN(C(=O)CCc1nc(-c2ccoc2)no1)C(Cc1ccccc1)C(=O)O. The Labute approximate surface area is 155 Å². The smallest absolute Gasteiger partial charge is 0.326 e. The summed E-state index contributed by atoms with van der Waals surface area (Å²) in [7, 11) is 1.49. The van der Waals surface area contributed by atoms with E-state index in [1.807, 2.05) is 30.3 Å². The molecule has 1 aromatic carbocycles. The lowest BCUT2D eigenvalue weighted by Gasteiger charge is -2.25. The molecule has 0 radical (unpaired) electrons. The van der Waals surface area contributed by atoms with E-state index < -0.39 is 12.0 Å². The highest BCUT2D eigenvalue weighted by Crippen LogP contribution is 2.17. The van der Waals surface area contributed by atoms with Crippen molar-refractivity contribution in [3.05, 3.63) is 60.4 Å². The van der Waals surface area contributed by atoms with Gasteiger partial charge >= 0.3 is 5.97 Å². The number of aryl methyl sites for hydroxylation is 1. The van der Waals surface area contributed by atoms with Crippen molar-refractivity contribution in [2.75, 3.05) is 7.05 Å². The Morgan fingerprint density at radius 1 is 1.22 bits per heavy atom. The van der Waals surface area contributed by atoms with Crippen molar-refractivity contribution in [1.82, 2.24) is 15.0 Å². The van der Waals surface area contributed by atoms with E-state index in [9.17, 15) is 14.7 Å². The normalized spacial score (nSPS) is 11.9. The molecule has 0 saturated carbocycles. The van der Waals surface area contributed by atoms with Gasteiger partial charge in [-0.3, -0.25) is 4.79 Å². The van der Waals surface area contributed by atoms with Crippen molar-refractivity contribution >= 4 is 11.9 Å². The van der Waals surface area contributed by atoms with Crippen molar-refractivity contribution in [3.8, 4) is 11.4 Å². The Balaban J connectivity index is 1.59. The van der Waals surface area contributed by atoms with Gasteiger partial charge in [0.05, 0.1) is 11.8 Å². The van der Waals surface area contributed by atoms with Crippen LogP contribution in [0.15, 0.2) is 57.9 Å². The van der Waals surface area contributed by atoms with Gasteiger partial charge in [-0.2, -0.15) is 4.98 Å². The molecule has 1 N–H and O–H groups in total. The molecule has 0 aliphatic carbocycles. The van der Waals surface area contributed by atoms with Crippen LogP contribution in [0, 0.1) is 0 Å². The minimum atomic E-state index is -1.05. The Morgan fingerprint density at radius 2 is 2.00 bits per heavy atom. The van der Waals surface area contributed by atoms with Crippen LogP contribution in [-0.4, -0.2) is 45.1 Å². The molecule has 27 heavy (non-hydrogen) atoms. The van der Waals surface area contributed by atoms with Crippen molar-refractivity contribution in [2.45, 2.75) is 25.3 Å². The van der Waals surface area contributed by atoms with Crippen LogP contribution in [0.1, 0.15) is 17.9 Å². The van der Waals surface area contributed by atoms with E-state index in [1.54, 1.807) is 6.07 Å². The number of amides is 1. The fourth-order valence-corrected chi connectivity index (χ4v) is 2.66. The first-order valence-electron chi connectivity index (χ1n) is 8.42. The summed E-state index contributed by atoms with van der Waals surface area (Å²) in [5, 5.41) is 13.3. The zero-order chi connectivity index (χ0) is 19.2. The molecular formula is C19H19N3O5. The summed E-state index contributed by atoms with van der Waals surface area (Å²) in [6, 6.07) is 9.97. The van der Waals surface area contributed by atoms with E-state index in [0.717, 1.165) is 5.56 Å². The molecule has 3 aromatic rings. The highest BCUT2D eigenvalue weighted by Gasteiger charge is 2.27. The Morgan fingerprint density at radius 3 is 2.67 bits per heavy atom. The number of rotatable bonds is 8. The van der Waals surface area contributed by atoms with E-state index in [0.29, 0.717) is 17.3 Å². The largest absolute Gasteiger partial charge is 0.480 e. The number of carbonyl (C=O) groups excluding carboxylic acids is 1. The molecule has 1 atom stereocenters. The highest BCUT2D eigenvalue weighted by atomic mass is 16.5. The van der Waals surface area contributed by atoms with Gasteiger partial charge in [0.1, 0.15) is 12.3 Å². The lowest BCUT2D eigenvalue weighted by atomic mass is 10.0. The van der Waals surface area contributed by atoms with Gasteiger partial charge in [-0.05, 0) is 11.6 Å². The Hall–Kier alpha value is -3.42. The first kappa shape index (κ1) is 18.4. The van der Waals surface area contributed by atoms with Gasteiger partial charge in [-0.1, -0.05) is 35.5 Å². The number of aliphatic carboxylic acids is 1. The maximum atomic E-state index is 12.4. The number of likely N-dealkylation sites (N-methyl/N-ethyl adjacent to an activating group) is 1. The third kappa shape index (κ3) is 4.60. The molecule has 2 aromatic heterocycles. The second-order valence-corrected chi connectivity index (χ2v) is 6.07. The predicted octanol–water partition coefficient (Wildman–Crippen LogP) is 2.42. The molecule has 2 heterocycles. The molecule has 140 valence electrons. The molecule has 8 nitrogen and oxygen atoms in total. The summed E-state index contributed by atoms with van der Waals surface area (Å²) in [5.41, 5.74) is 1.54. The second-order valence-electron chi connectivity index (χ2n) is 6.07. The zero-order valence-corrected chi connectivity index (χ0v) is 14.7. The monoisotopic (exact) mass is 369 g/mol. The van der Waals surface area contributed by atoms with Gasteiger partial charge in [0, 0.05) is 26.3 Å². The summed E-state index contributed by atoms with van der Waals surface area (Å²) in [6.45, 7) is 0. The number of carboxylic acids is 1. The van der Waals surface area contributed by atoms with Crippen molar-refractivity contribution in [3.63, 3.8) is 0 Å². The van der Waals surface area contributed by atoms with Crippen molar-refractivity contribution in [1.29, 1.82) is 0 Å². The van der Waals surface area contributed by atoms with Gasteiger partial charge in [0.2, 0.25) is 17.6 Å². The molecule has 3 rings (SSSR count). The highest BCUT2D eigenvalue weighted by molar-refractivity contribution is 5.83. The number of carbonyl (C=O) groups is 2. The molecule has 8 heteroatoms. The van der Waals surface area contributed by atoms with E-state index in [2.05, 4.69) is 10.1 Å². The molecule has 0 aliphatic heterocycles. The molecular weight excluding hydrogens is 350 g/mol. The first-order valence-corrected chi connectivity index (χ1v) is 8.42. The van der Waals surface area contributed by atoms with Crippen molar-refractivity contribution < 1.29 is 23.6 Å². The lowest BCUT2D eigenvalue weighted by Crippen LogP contribution is -2.43. The molecule has 1 unspecified atom stereocenters. The number of nitrogens with zero attached hydrogens (tertiary/aromatic N) is 3. The molecule has 0 saturated heterocycles. The predicted molar refractivity (Wildman–Crippen MR) is 94.7 cm³/mol. The maximum absolute atomic E-state index is 12.4. The molecule has 0 bridgehead atoms. The number of hydrogen-bond donors (Lipinski definition) is 1. The number of hydrogen-bond acceptors (Lipinski definition) is 6. The summed E-state index contributed by atoms with van der Waals surface area (Å²) >= 11 is 0. The summed E-state index contributed by atoms with van der Waals surface area (Å²) in [5.74, 6) is -0.661. The van der Waals surface area contributed by atoms with Gasteiger partial charge < -0.3 is 18.9 Å². The summed E-state index contributed by atoms with van der Waals surface area (Å²) < 4.78 is 10.1. The molecule has 1 amide bonds. The van der Waals surface area contributed by atoms with Gasteiger partial charge in [-0.25, -0.2) is 4.79 Å². The number of furan rings is 1. The summed E-state index contributed by atoms with van der Waals surface area (Å²) in [6.07, 6.45) is 3.54. The maximum Gasteiger partial charge on any atom is 0.326 e. The molecule has 0 aliphatic rings. The van der Waals surface area contributed by atoms with Crippen LogP contribution in [0.4, 0.5) is 0 Å². The summed E-state index contributed by atoms with van der Waals surface area (Å²) in [4.78, 5) is 29.5. The Bertz CT molecular complexity index is 889. The first-order chi connectivity index (χ1) is 13.0. The zero-order valence-electron chi connectivity index (χ0n) is 14.7. The number of benzene rings is 1. The van der Waals surface area contributed by atoms with Crippen LogP contribution >= 0.6 is 0 Å². The van der Waals surface area contributed by atoms with Crippen LogP contribution < -0.4 is 0 Å². The minimum Gasteiger partial charge on any atom is -0.480 e. The van der Waals surface area contributed by atoms with Crippen LogP contribution in [0.25, 0.3) is 11.4 Å². The van der Waals surface area contributed by atoms with Crippen LogP contribution in [-0.2, 0) is 22.4 Å². The number of carboxylic acid groups (broad SMARTS) is 1. The minimum absolute atomic E-state index is 0.0715. The van der Waals surface area contributed by atoms with Crippen LogP contribution in [0.2, 0.25) is 0 Å². The second kappa shape index (κ2) is 8.31. The molecule has 0 fully saturated rings. The third-order valence-corrected chi connectivity index (χ3v) is 4.22. The van der Waals surface area contributed by atoms with E-state index in [-0.39, 0.29) is 25.2 Å². The molecule has 0 spiro atoms. The van der Waals surface area contributed by atoms with E-state index in [4.69, 9.17) is 8.94 Å². The fourth-order valence-electron chi connectivity index (χ4n) is 2.66. The third-order valence-electron chi connectivity index (χ3n) is 4.22. The van der Waals surface area contributed by atoms with Crippen LogP contribution in [0.3, 0.4) is 0 Å². The van der Waals surface area contributed by atoms with Gasteiger partial charge in [0.15, 0.2) is 0 Å². The fraction of sp³-hybridized carbons (Fsp3) is 0.263. The Kier molecular flexibility index (Phi) is 5.65. The topological polar surface area (TPSA) is 110 Å². The quantitative estimate of drug-likeness (QED) is 0.649. The standard InChI is InChI=1S/C19H19N3O5/c1-22(15(19(24)25)11-13-5-3-2-4-6-13)17(23)8-7-16-20-18(21-27-16)14-9-10-26-12-14/h2-6,9-10,12,15H,7-8,11H2,1H3,(H,24,25). The van der Waals surface area contributed by atoms with E-state index in [1.165, 1.54) is 24.5 Å². The van der Waals surface area contributed by atoms with Gasteiger partial charge in [-0.15, -0.1) is 0 Å². The van der Waals surface area contributed by atoms with Gasteiger partial charge in [0.25, 0.3) is 0 Å². The van der Waals surface area contributed by atoms with E-state index >= 15 is 0 Å². The van der Waals surface area contributed by atoms with Crippen LogP contribution in [0.5, 0.6) is 0 Å². The lowest BCUT2D eigenvalue weighted by molar-refractivity contribution is -0.149.